The maximum absolute atomic E-state index is 12.6. The zero-order valence-electron chi connectivity index (χ0n) is 12.2. The van der Waals surface area contributed by atoms with Crippen molar-refractivity contribution in [3.05, 3.63) is 16.6 Å². The quantitative estimate of drug-likeness (QED) is 0.811. The summed E-state index contributed by atoms with van der Waals surface area (Å²) in [6, 6.07) is 3.04. The SMILES string of the molecule is COc1cc(Br)c(S(=O)(=O)NC2(C)CCNC2)cc1OC. The summed E-state index contributed by atoms with van der Waals surface area (Å²) < 4.78 is 38.8. The van der Waals surface area contributed by atoms with Gasteiger partial charge in [0.2, 0.25) is 10.0 Å². The second-order valence-corrected chi connectivity index (χ2v) is 7.74. The van der Waals surface area contributed by atoms with Crippen molar-refractivity contribution < 1.29 is 17.9 Å². The fourth-order valence-electron chi connectivity index (χ4n) is 2.32. The van der Waals surface area contributed by atoms with Gasteiger partial charge in [0.15, 0.2) is 11.5 Å². The van der Waals surface area contributed by atoms with Crippen molar-refractivity contribution in [1.82, 2.24) is 10.0 Å². The third-order valence-corrected chi connectivity index (χ3v) is 6.07. The fraction of sp³-hybridized carbons (Fsp3) is 0.538. The number of halogens is 1. The Bertz CT molecular complexity index is 627. The molecule has 118 valence electrons. The van der Waals surface area contributed by atoms with Crippen LogP contribution in [0.1, 0.15) is 13.3 Å². The van der Waals surface area contributed by atoms with E-state index in [1.807, 2.05) is 6.92 Å². The lowest BCUT2D eigenvalue weighted by Crippen LogP contribution is -2.47. The van der Waals surface area contributed by atoms with Gasteiger partial charge in [-0.3, -0.25) is 0 Å². The Morgan fingerprint density at radius 1 is 1.29 bits per heavy atom. The predicted octanol–water partition coefficient (Wildman–Crippen LogP) is 1.50. The minimum absolute atomic E-state index is 0.133. The van der Waals surface area contributed by atoms with Crippen LogP contribution in [0.4, 0.5) is 0 Å². The predicted molar refractivity (Wildman–Crippen MR) is 83.5 cm³/mol. The Kier molecular flexibility index (Phi) is 4.82. The van der Waals surface area contributed by atoms with E-state index in [2.05, 4.69) is 26.0 Å². The molecule has 8 heteroatoms. The van der Waals surface area contributed by atoms with E-state index in [0.29, 0.717) is 22.5 Å². The lowest BCUT2D eigenvalue weighted by molar-refractivity contribution is 0.353. The maximum atomic E-state index is 12.6. The normalized spacial score (nSPS) is 22.3. The summed E-state index contributed by atoms with van der Waals surface area (Å²) in [7, 11) is -0.691. The van der Waals surface area contributed by atoms with Gasteiger partial charge in [-0.05, 0) is 41.9 Å². The van der Waals surface area contributed by atoms with Gasteiger partial charge < -0.3 is 14.8 Å². The summed E-state index contributed by atoms with van der Waals surface area (Å²) in [5, 5.41) is 3.16. The monoisotopic (exact) mass is 378 g/mol. The van der Waals surface area contributed by atoms with Gasteiger partial charge in [-0.15, -0.1) is 0 Å². The van der Waals surface area contributed by atoms with Gasteiger partial charge in [0, 0.05) is 22.6 Å². The molecule has 1 atom stereocenters. The largest absolute Gasteiger partial charge is 0.493 e. The van der Waals surface area contributed by atoms with E-state index in [0.717, 1.165) is 13.0 Å². The Balaban J connectivity index is 2.40. The van der Waals surface area contributed by atoms with Gasteiger partial charge in [-0.25, -0.2) is 13.1 Å². The summed E-state index contributed by atoms with van der Waals surface area (Å²) in [6.45, 7) is 3.29. The molecule has 1 aromatic rings. The average Bonchev–Trinajstić information content (AvgIpc) is 2.83. The molecule has 1 unspecified atom stereocenters. The van der Waals surface area contributed by atoms with E-state index in [-0.39, 0.29) is 4.90 Å². The zero-order chi connectivity index (χ0) is 15.7. The maximum Gasteiger partial charge on any atom is 0.242 e. The number of nitrogens with one attached hydrogen (secondary N) is 2. The van der Waals surface area contributed by atoms with E-state index in [1.165, 1.54) is 20.3 Å². The molecule has 0 bridgehead atoms. The second-order valence-electron chi connectivity index (χ2n) is 5.23. The van der Waals surface area contributed by atoms with Crippen molar-refractivity contribution >= 4 is 26.0 Å². The lowest BCUT2D eigenvalue weighted by Gasteiger charge is -2.24. The summed E-state index contributed by atoms with van der Waals surface area (Å²) in [6.07, 6.45) is 0.747. The summed E-state index contributed by atoms with van der Waals surface area (Å²) in [5.74, 6) is 0.841. The standard InChI is InChI=1S/C13H19BrN2O4S/c1-13(4-5-15-8-13)16-21(17,18)12-7-11(20-3)10(19-2)6-9(12)14/h6-7,15-16H,4-5,8H2,1-3H3. The molecular formula is C13H19BrN2O4S. The number of sulfonamides is 1. The molecule has 0 saturated carbocycles. The molecule has 0 amide bonds. The molecule has 0 aliphatic carbocycles. The highest BCUT2D eigenvalue weighted by molar-refractivity contribution is 9.10. The van der Waals surface area contributed by atoms with Crippen molar-refractivity contribution in [3.63, 3.8) is 0 Å². The van der Waals surface area contributed by atoms with E-state index in [4.69, 9.17) is 9.47 Å². The van der Waals surface area contributed by atoms with Crippen LogP contribution >= 0.6 is 15.9 Å². The van der Waals surface area contributed by atoms with Crippen LogP contribution in [0.3, 0.4) is 0 Å². The Morgan fingerprint density at radius 2 is 1.90 bits per heavy atom. The van der Waals surface area contributed by atoms with E-state index in [1.54, 1.807) is 6.07 Å². The van der Waals surface area contributed by atoms with Crippen LogP contribution in [0, 0.1) is 0 Å². The van der Waals surface area contributed by atoms with Gasteiger partial charge in [-0.1, -0.05) is 0 Å². The molecule has 6 nitrogen and oxygen atoms in total. The molecule has 1 saturated heterocycles. The molecule has 2 rings (SSSR count). The molecule has 1 aliphatic heterocycles. The number of hydrogen-bond donors (Lipinski definition) is 2. The molecular weight excluding hydrogens is 360 g/mol. The smallest absolute Gasteiger partial charge is 0.242 e. The first-order chi connectivity index (χ1) is 9.81. The van der Waals surface area contributed by atoms with Gasteiger partial charge in [0.25, 0.3) is 0 Å². The molecule has 1 heterocycles. The number of hydrogen-bond acceptors (Lipinski definition) is 5. The third kappa shape index (κ3) is 3.50. The molecule has 1 fully saturated rings. The van der Waals surface area contributed by atoms with Gasteiger partial charge in [-0.2, -0.15) is 0 Å². The fourth-order valence-corrected chi connectivity index (χ4v) is 4.80. The van der Waals surface area contributed by atoms with Gasteiger partial charge in [0.05, 0.1) is 14.2 Å². The van der Waals surface area contributed by atoms with Gasteiger partial charge >= 0.3 is 0 Å². The minimum Gasteiger partial charge on any atom is -0.493 e. The number of methoxy groups -OCH3 is 2. The lowest BCUT2D eigenvalue weighted by atomic mass is 10.0. The first kappa shape index (κ1) is 16.5. The first-order valence-corrected chi connectivity index (χ1v) is 8.75. The summed E-state index contributed by atoms with van der Waals surface area (Å²) in [4.78, 5) is 0.133. The number of benzene rings is 1. The van der Waals surface area contributed by atoms with Gasteiger partial charge in [0.1, 0.15) is 4.90 Å². The molecule has 1 aliphatic rings. The van der Waals surface area contributed by atoms with Crippen LogP contribution in [0.2, 0.25) is 0 Å². The van der Waals surface area contributed by atoms with E-state index in [9.17, 15) is 8.42 Å². The van der Waals surface area contributed by atoms with Crippen LogP contribution in [-0.2, 0) is 10.0 Å². The second kappa shape index (κ2) is 6.12. The molecule has 21 heavy (non-hydrogen) atoms. The minimum atomic E-state index is -3.66. The highest BCUT2D eigenvalue weighted by Crippen LogP contribution is 2.36. The number of ether oxygens (including phenoxy) is 2. The van der Waals surface area contributed by atoms with Crippen LogP contribution in [0.15, 0.2) is 21.5 Å². The van der Waals surface area contributed by atoms with Crippen LogP contribution in [0.5, 0.6) is 11.5 Å². The Labute approximate surface area is 133 Å². The average molecular weight is 379 g/mol. The topological polar surface area (TPSA) is 76.7 Å². The highest BCUT2D eigenvalue weighted by Gasteiger charge is 2.34. The number of rotatable bonds is 5. The molecule has 0 aromatic heterocycles. The van der Waals surface area contributed by atoms with Crippen LogP contribution in [0.25, 0.3) is 0 Å². The first-order valence-electron chi connectivity index (χ1n) is 6.47. The molecule has 2 N–H and O–H groups in total. The van der Waals surface area contributed by atoms with E-state index >= 15 is 0 Å². The van der Waals surface area contributed by atoms with Crippen LogP contribution in [-0.4, -0.2) is 41.3 Å². The van der Waals surface area contributed by atoms with Crippen molar-refractivity contribution in [1.29, 1.82) is 0 Å². The zero-order valence-corrected chi connectivity index (χ0v) is 14.6. The summed E-state index contributed by atoms with van der Waals surface area (Å²) >= 11 is 3.28. The molecule has 0 spiro atoms. The van der Waals surface area contributed by atoms with Crippen molar-refractivity contribution in [3.8, 4) is 11.5 Å². The van der Waals surface area contributed by atoms with Crippen LogP contribution < -0.4 is 19.5 Å². The van der Waals surface area contributed by atoms with E-state index < -0.39 is 15.6 Å². The van der Waals surface area contributed by atoms with Crippen molar-refractivity contribution in [2.45, 2.75) is 23.8 Å². The highest BCUT2D eigenvalue weighted by atomic mass is 79.9. The third-order valence-electron chi connectivity index (χ3n) is 3.48. The molecule has 1 aromatic carbocycles. The molecule has 0 radical (unpaired) electrons. The Hall–Kier alpha value is -0.830. The van der Waals surface area contributed by atoms with Crippen molar-refractivity contribution in [2.24, 2.45) is 0 Å². The van der Waals surface area contributed by atoms with Crippen molar-refractivity contribution in [2.75, 3.05) is 27.3 Å². The Morgan fingerprint density at radius 3 is 2.43 bits per heavy atom. The summed E-state index contributed by atoms with van der Waals surface area (Å²) in [5.41, 5.74) is -0.481.